The summed E-state index contributed by atoms with van der Waals surface area (Å²) in [7, 11) is 2.29. The summed E-state index contributed by atoms with van der Waals surface area (Å²) in [5.74, 6) is 1.56. The molecule has 0 fully saturated rings. The minimum absolute atomic E-state index is 0.331. The van der Waals surface area contributed by atoms with Crippen molar-refractivity contribution in [3.05, 3.63) is 0 Å². The first-order valence-electron chi connectivity index (χ1n) is 7.70. The lowest BCUT2D eigenvalue weighted by molar-refractivity contribution is 0.106. The van der Waals surface area contributed by atoms with Crippen LogP contribution in [-0.2, 0) is 0 Å². The molecular weight excluding hydrogens is 218 g/mol. The third kappa shape index (κ3) is 6.22. The van der Waals surface area contributed by atoms with Crippen molar-refractivity contribution >= 4 is 0 Å². The number of rotatable bonds is 8. The smallest absolute Gasteiger partial charge is 0.0150 e. The van der Waals surface area contributed by atoms with E-state index in [9.17, 15) is 0 Å². The normalized spacial score (nSPS) is 14.0. The van der Waals surface area contributed by atoms with Crippen LogP contribution in [0.3, 0.4) is 0 Å². The molecule has 18 heavy (non-hydrogen) atoms. The fourth-order valence-electron chi connectivity index (χ4n) is 1.88. The molecule has 0 aromatic carbocycles. The Bertz CT molecular complexity index is 226. The first-order chi connectivity index (χ1) is 7.99. The molecule has 0 saturated heterocycles. The van der Waals surface area contributed by atoms with Gasteiger partial charge in [-0.3, -0.25) is 0 Å². The van der Waals surface area contributed by atoms with E-state index in [2.05, 4.69) is 67.3 Å². The first-order valence-corrected chi connectivity index (χ1v) is 7.70. The molecular formula is C17H37N. The Kier molecular flexibility index (Phi) is 6.92. The molecule has 1 nitrogen and oxygen atoms in total. The number of hydrogen-bond donors (Lipinski definition) is 0. The van der Waals surface area contributed by atoms with E-state index in [-0.39, 0.29) is 0 Å². The number of hydrogen-bond acceptors (Lipinski definition) is 1. The quantitative estimate of drug-likeness (QED) is 0.576. The highest BCUT2D eigenvalue weighted by Crippen LogP contribution is 2.31. The zero-order valence-corrected chi connectivity index (χ0v) is 14.4. The molecule has 0 rings (SSSR count). The van der Waals surface area contributed by atoms with Gasteiger partial charge in [-0.05, 0) is 64.0 Å². The predicted molar refractivity (Wildman–Crippen MR) is 84.0 cm³/mol. The first kappa shape index (κ1) is 18.0. The van der Waals surface area contributed by atoms with Crippen LogP contribution >= 0.6 is 0 Å². The summed E-state index contributed by atoms with van der Waals surface area (Å²) in [5.41, 5.74) is 0.777. The Hall–Kier alpha value is -0.0400. The molecule has 0 atom stereocenters. The highest BCUT2D eigenvalue weighted by molar-refractivity contribution is 4.82. The molecule has 0 aliphatic carbocycles. The zero-order chi connectivity index (χ0) is 14.6. The standard InChI is InChI=1S/C17H37N/c1-14(2)10-11-17(7,8)18(9)13-12-16(5,6)15(3)4/h14-15H,10-13H2,1-9H3. The lowest BCUT2D eigenvalue weighted by Crippen LogP contribution is -2.43. The molecule has 0 spiro atoms. The molecule has 0 amide bonds. The lowest BCUT2D eigenvalue weighted by atomic mass is 9.78. The van der Waals surface area contributed by atoms with E-state index < -0.39 is 0 Å². The molecule has 0 aromatic rings. The molecule has 0 bridgehead atoms. The van der Waals surface area contributed by atoms with Gasteiger partial charge in [-0.1, -0.05) is 41.5 Å². The summed E-state index contributed by atoms with van der Waals surface area (Å²) in [4.78, 5) is 2.56. The van der Waals surface area contributed by atoms with Gasteiger partial charge in [-0.25, -0.2) is 0 Å². The van der Waals surface area contributed by atoms with E-state index in [1.807, 2.05) is 0 Å². The molecule has 0 unspecified atom stereocenters. The van der Waals surface area contributed by atoms with E-state index in [0.717, 1.165) is 11.8 Å². The maximum Gasteiger partial charge on any atom is 0.0150 e. The van der Waals surface area contributed by atoms with Crippen LogP contribution in [0.15, 0.2) is 0 Å². The van der Waals surface area contributed by atoms with Crippen molar-refractivity contribution in [2.45, 2.75) is 80.2 Å². The monoisotopic (exact) mass is 255 g/mol. The van der Waals surface area contributed by atoms with Crippen molar-refractivity contribution < 1.29 is 0 Å². The maximum atomic E-state index is 2.56. The van der Waals surface area contributed by atoms with Gasteiger partial charge in [0.15, 0.2) is 0 Å². The van der Waals surface area contributed by atoms with Crippen molar-refractivity contribution in [1.29, 1.82) is 0 Å². The SMILES string of the molecule is CC(C)CCC(C)(C)N(C)CCC(C)(C)C(C)C. The molecule has 0 saturated carbocycles. The van der Waals surface area contributed by atoms with Crippen molar-refractivity contribution in [2.75, 3.05) is 13.6 Å². The van der Waals surface area contributed by atoms with Crippen LogP contribution in [0.1, 0.15) is 74.7 Å². The largest absolute Gasteiger partial charge is 0.301 e. The second-order valence-electron chi connectivity index (χ2n) is 8.06. The van der Waals surface area contributed by atoms with Gasteiger partial charge in [0.2, 0.25) is 0 Å². The van der Waals surface area contributed by atoms with Crippen LogP contribution in [-0.4, -0.2) is 24.0 Å². The Morgan fingerprint density at radius 3 is 1.78 bits per heavy atom. The molecule has 0 heterocycles. The second kappa shape index (κ2) is 6.93. The van der Waals surface area contributed by atoms with Crippen LogP contribution in [0.25, 0.3) is 0 Å². The average molecular weight is 255 g/mol. The predicted octanol–water partition coefficient (Wildman–Crippen LogP) is 5.21. The van der Waals surface area contributed by atoms with Crippen LogP contribution in [0.5, 0.6) is 0 Å². The zero-order valence-electron chi connectivity index (χ0n) is 14.4. The fourth-order valence-corrected chi connectivity index (χ4v) is 1.88. The molecule has 0 radical (unpaired) electrons. The topological polar surface area (TPSA) is 3.24 Å². The highest BCUT2D eigenvalue weighted by atomic mass is 15.2. The summed E-state index contributed by atoms with van der Waals surface area (Å²) >= 11 is 0. The molecule has 0 aromatic heterocycles. The van der Waals surface area contributed by atoms with Crippen molar-refractivity contribution in [3.63, 3.8) is 0 Å². The van der Waals surface area contributed by atoms with Crippen molar-refractivity contribution in [1.82, 2.24) is 4.90 Å². The minimum atomic E-state index is 0.331. The van der Waals surface area contributed by atoms with Crippen LogP contribution in [0, 0.1) is 17.3 Å². The molecule has 0 N–H and O–H groups in total. The Morgan fingerprint density at radius 1 is 0.889 bits per heavy atom. The van der Waals surface area contributed by atoms with E-state index in [4.69, 9.17) is 0 Å². The van der Waals surface area contributed by atoms with Gasteiger partial charge in [0.25, 0.3) is 0 Å². The Balaban J connectivity index is 4.26. The lowest BCUT2D eigenvalue weighted by Gasteiger charge is -2.39. The van der Waals surface area contributed by atoms with E-state index in [0.29, 0.717) is 11.0 Å². The van der Waals surface area contributed by atoms with E-state index in [1.165, 1.54) is 25.8 Å². The molecule has 0 aliphatic rings. The third-order valence-corrected chi connectivity index (χ3v) is 5.02. The summed E-state index contributed by atoms with van der Waals surface area (Å²) < 4.78 is 0. The van der Waals surface area contributed by atoms with E-state index in [1.54, 1.807) is 0 Å². The van der Waals surface area contributed by atoms with Gasteiger partial charge in [0.1, 0.15) is 0 Å². The highest BCUT2D eigenvalue weighted by Gasteiger charge is 2.27. The van der Waals surface area contributed by atoms with Crippen molar-refractivity contribution in [3.8, 4) is 0 Å². The van der Waals surface area contributed by atoms with E-state index >= 15 is 0 Å². The second-order valence-corrected chi connectivity index (χ2v) is 8.06. The van der Waals surface area contributed by atoms with Gasteiger partial charge in [-0.2, -0.15) is 0 Å². The van der Waals surface area contributed by atoms with Crippen LogP contribution in [0.2, 0.25) is 0 Å². The summed E-state index contributed by atoms with van der Waals surface area (Å²) in [6.07, 6.45) is 3.90. The summed E-state index contributed by atoms with van der Waals surface area (Å²) in [6.45, 7) is 20.1. The third-order valence-electron chi connectivity index (χ3n) is 5.02. The van der Waals surface area contributed by atoms with Gasteiger partial charge < -0.3 is 4.90 Å². The average Bonchev–Trinajstić information content (AvgIpc) is 2.23. The molecule has 110 valence electrons. The summed E-state index contributed by atoms with van der Waals surface area (Å²) in [6, 6.07) is 0. The minimum Gasteiger partial charge on any atom is -0.301 e. The van der Waals surface area contributed by atoms with Crippen LogP contribution in [0.4, 0.5) is 0 Å². The Morgan fingerprint density at radius 2 is 1.39 bits per heavy atom. The van der Waals surface area contributed by atoms with Crippen molar-refractivity contribution in [2.24, 2.45) is 17.3 Å². The molecule has 1 heteroatoms. The van der Waals surface area contributed by atoms with Gasteiger partial charge in [0, 0.05) is 5.54 Å². The van der Waals surface area contributed by atoms with Crippen LogP contribution < -0.4 is 0 Å². The number of nitrogens with zero attached hydrogens (tertiary/aromatic N) is 1. The molecule has 0 aliphatic heterocycles. The van der Waals surface area contributed by atoms with Gasteiger partial charge >= 0.3 is 0 Å². The summed E-state index contributed by atoms with van der Waals surface area (Å²) in [5, 5.41) is 0. The van der Waals surface area contributed by atoms with Gasteiger partial charge in [0.05, 0.1) is 0 Å². The van der Waals surface area contributed by atoms with Gasteiger partial charge in [-0.15, -0.1) is 0 Å². The maximum absolute atomic E-state index is 2.56. The fraction of sp³-hybridized carbons (Fsp3) is 1.00. The Labute approximate surface area is 116 Å².